The van der Waals surface area contributed by atoms with Crippen molar-refractivity contribution < 1.29 is 18.4 Å². The van der Waals surface area contributed by atoms with Crippen molar-refractivity contribution in [1.29, 1.82) is 0 Å². The molecule has 2 heterocycles. The fourth-order valence-electron chi connectivity index (χ4n) is 2.72. The molecule has 8 heteroatoms. The van der Waals surface area contributed by atoms with Gasteiger partial charge in [0.2, 0.25) is 5.91 Å². The van der Waals surface area contributed by atoms with Gasteiger partial charge >= 0.3 is 0 Å². The SMILES string of the molecule is CC(=O)N(C)C[C@H]1CCC(F)(F)CN1C(=O)c1nc(Br)ccc1C. The number of nitrogens with zero attached hydrogens (tertiary/aromatic N) is 3. The molecule has 5 nitrogen and oxygen atoms in total. The molecular formula is C16H20BrF2N3O2. The summed E-state index contributed by atoms with van der Waals surface area (Å²) in [4.78, 5) is 31.0. The Morgan fingerprint density at radius 3 is 2.75 bits per heavy atom. The lowest BCUT2D eigenvalue weighted by molar-refractivity contribution is -0.129. The number of hydrogen-bond donors (Lipinski definition) is 0. The molecule has 1 aliphatic heterocycles. The Morgan fingerprint density at radius 2 is 2.12 bits per heavy atom. The monoisotopic (exact) mass is 403 g/mol. The van der Waals surface area contributed by atoms with E-state index in [4.69, 9.17) is 0 Å². The summed E-state index contributed by atoms with van der Waals surface area (Å²) < 4.78 is 28.2. The summed E-state index contributed by atoms with van der Waals surface area (Å²) >= 11 is 3.20. The van der Waals surface area contributed by atoms with Gasteiger partial charge in [-0.2, -0.15) is 0 Å². The molecule has 1 aliphatic rings. The largest absolute Gasteiger partial charge is 0.344 e. The Hall–Kier alpha value is -1.57. The minimum atomic E-state index is -2.93. The van der Waals surface area contributed by atoms with Crippen molar-refractivity contribution in [2.75, 3.05) is 20.1 Å². The second kappa shape index (κ2) is 7.13. The van der Waals surface area contributed by atoms with Crippen LogP contribution in [0.3, 0.4) is 0 Å². The van der Waals surface area contributed by atoms with Gasteiger partial charge < -0.3 is 9.80 Å². The molecule has 1 saturated heterocycles. The summed E-state index contributed by atoms with van der Waals surface area (Å²) in [6, 6.07) is 2.95. The number of alkyl halides is 2. The molecule has 0 bridgehead atoms. The van der Waals surface area contributed by atoms with Crippen molar-refractivity contribution in [3.63, 3.8) is 0 Å². The first kappa shape index (κ1) is 18.8. The number of likely N-dealkylation sites (tertiary alicyclic amines) is 1. The quantitative estimate of drug-likeness (QED) is 0.729. The highest BCUT2D eigenvalue weighted by molar-refractivity contribution is 9.10. The van der Waals surface area contributed by atoms with Crippen LogP contribution in [0.1, 0.15) is 35.8 Å². The Labute approximate surface area is 148 Å². The number of aromatic nitrogens is 1. The Kier molecular flexibility index (Phi) is 5.57. The molecule has 0 aromatic carbocycles. The maximum absolute atomic E-state index is 13.9. The molecule has 1 aromatic rings. The van der Waals surface area contributed by atoms with E-state index in [-0.39, 0.29) is 31.0 Å². The third-order valence-corrected chi connectivity index (χ3v) is 4.68. The second-order valence-corrected chi connectivity index (χ2v) is 6.99. The first-order chi connectivity index (χ1) is 11.1. The Bertz CT molecular complexity index is 654. The molecular weight excluding hydrogens is 384 g/mol. The zero-order valence-electron chi connectivity index (χ0n) is 13.9. The lowest BCUT2D eigenvalue weighted by atomic mass is 9.97. The number of halogens is 3. The normalized spacial score (nSPS) is 19.9. The lowest BCUT2D eigenvalue weighted by Gasteiger charge is -2.40. The van der Waals surface area contributed by atoms with E-state index in [9.17, 15) is 18.4 Å². The maximum atomic E-state index is 13.9. The third-order valence-electron chi connectivity index (χ3n) is 4.23. The molecule has 0 N–H and O–H groups in total. The smallest absolute Gasteiger partial charge is 0.273 e. The van der Waals surface area contributed by atoms with Crippen molar-refractivity contribution in [2.24, 2.45) is 0 Å². The highest BCUT2D eigenvalue weighted by atomic mass is 79.9. The predicted octanol–water partition coefficient (Wildman–Crippen LogP) is 2.87. The van der Waals surface area contributed by atoms with Gasteiger partial charge in [0.05, 0.1) is 12.6 Å². The van der Waals surface area contributed by atoms with Gasteiger partial charge in [-0.1, -0.05) is 6.07 Å². The van der Waals surface area contributed by atoms with E-state index in [2.05, 4.69) is 20.9 Å². The average molecular weight is 404 g/mol. The summed E-state index contributed by atoms with van der Waals surface area (Å²) in [6.45, 7) is 2.69. The number of likely N-dealkylation sites (N-methyl/N-ethyl adjacent to an activating group) is 1. The number of aryl methyl sites for hydroxylation is 1. The maximum Gasteiger partial charge on any atom is 0.273 e. The van der Waals surface area contributed by atoms with Gasteiger partial charge in [0, 0.05) is 26.9 Å². The number of piperidine rings is 1. The first-order valence-corrected chi connectivity index (χ1v) is 8.43. The standard InChI is InChI=1S/C16H20BrF2N3O2/c1-10-4-5-13(17)20-14(10)15(24)22-9-16(18,19)7-6-12(22)8-21(3)11(2)23/h4-5,12H,6-9H2,1-3H3/t12-/m1/s1. The predicted molar refractivity (Wildman–Crippen MR) is 89.0 cm³/mol. The van der Waals surface area contributed by atoms with Crippen LogP contribution in [-0.4, -0.2) is 58.7 Å². The van der Waals surface area contributed by atoms with Crippen LogP contribution in [0.15, 0.2) is 16.7 Å². The van der Waals surface area contributed by atoms with Crippen LogP contribution in [0.4, 0.5) is 8.78 Å². The van der Waals surface area contributed by atoms with Crippen LogP contribution < -0.4 is 0 Å². The number of pyridine rings is 1. The summed E-state index contributed by atoms with van der Waals surface area (Å²) in [7, 11) is 1.60. The van der Waals surface area contributed by atoms with Gasteiger partial charge in [0.15, 0.2) is 0 Å². The minimum absolute atomic E-state index is 0.142. The molecule has 0 unspecified atom stereocenters. The van der Waals surface area contributed by atoms with E-state index in [1.165, 1.54) is 11.8 Å². The van der Waals surface area contributed by atoms with E-state index >= 15 is 0 Å². The number of rotatable bonds is 3. The summed E-state index contributed by atoms with van der Waals surface area (Å²) in [5.74, 6) is -3.63. The van der Waals surface area contributed by atoms with Gasteiger partial charge in [-0.05, 0) is 40.9 Å². The van der Waals surface area contributed by atoms with Crippen LogP contribution in [0.5, 0.6) is 0 Å². The van der Waals surface area contributed by atoms with Crippen LogP contribution >= 0.6 is 15.9 Å². The first-order valence-electron chi connectivity index (χ1n) is 7.64. The summed E-state index contributed by atoms with van der Waals surface area (Å²) in [6.07, 6.45) is -0.151. The average Bonchev–Trinajstić information content (AvgIpc) is 2.50. The van der Waals surface area contributed by atoms with Gasteiger partial charge in [0.1, 0.15) is 10.3 Å². The molecule has 0 radical (unpaired) electrons. The van der Waals surface area contributed by atoms with Crippen molar-refractivity contribution in [3.8, 4) is 0 Å². The summed E-state index contributed by atoms with van der Waals surface area (Å²) in [5.41, 5.74) is 0.772. The number of carbonyl (C=O) groups is 2. The number of hydrogen-bond acceptors (Lipinski definition) is 3. The molecule has 24 heavy (non-hydrogen) atoms. The molecule has 1 atom stereocenters. The van der Waals surface area contributed by atoms with Gasteiger partial charge in [0.25, 0.3) is 11.8 Å². The Morgan fingerprint density at radius 1 is 1.46 bits per heavy atom. The van der Waals surface area contributed by atoms with Crippen molar-refractivity contribution in [1.82, 2.24) is 14.8 Å². The minimum Gasteiger partial charge on any atom is -0.344 e. The number of carbonyl (C=O) groups excluding carboxylic acids is 2. The zero-order chi connectivity index (χ0) is 18.1. The van der Waals surface area contributed by atoms with E-state index in [1.807, 2.05) is 0 Å². The molecule has 2 rings (SSSR count). The van der Waals surface area contributed by atoms with E-state index in [0.717, 1.165) is 4.90 Å². The zero-order valence-corrected chi connectivity index (χ0v) is 15.4. The molecule has 132 valence electrons. The lowest BCUT2D eigenvalue weighted by Crippen LogP contribution is -2.55. The van der Waals surface area contributed by atoms with E-state index in [1.54, 1.807) is 26.1 Å². The van der Waals surface area contributed by atoms with Crippen molar-refractivity contribution in [2.45, 2.75) is 38.7 Å². The topological polar surface area (TPSA) is 53.5 Å². The van der Waals surface area contributed by atoms with Crippen molar-refractivity contribution >= 4 is 27.7 Å². The van der Waals surface area contributed by atoms with Gasteiger partial charge in [-0.3, -0.25) is 9.59 Å². The molecule has 0 aliphatic carbocycles. The van der Waals surface area contributed by atoms with Crippen LogP contribution in [0, 0.1) is 6.92 Å². The fraction of sp³-hybridized carbons (Fsp3) is 0.562. The van der Waals surface area contributed by atoms with Gasteiger partial charge in [-0.15, -0.1) is 0 Å². The summed E-state index contributed by atoms with van der Waals surface area (Å²) in [5, 5.41) is 0. The fourth-order valence-corrected chi connectivity index (χ4v) is 3.03. The highest BCUT2D eigenvalue weighted by Crippen LogP contribution is 2.32. The van der Waals surface area contributed by atoms with Crippen LogP contribution in [-0.2, 0) is 4.79 Å². The molecule has 0 saturated carbocycles. The molecule has 1 aromatic heterocycles. The van der Waals surface area contributed by atoms with Crippen LogP contribution in [0.2, 0.25) is 0 Å². The van der Waals surface area contributed by atoms with Crippen molar-refractivity contribution in [3.05, 3.63) is 28.0 Å². The van der Waals surface area contributed by atoms with Crippen LogP contribution in [0.25, 0.3) is 0 Å². The van der Waals surface area contributed by atoms with Gasteiger partial charge in [-0.25, -0.2) is 13.8 Å². The van der Waals surface area contributed by atoms with E-state index in [0.29, 0.717) is 10.2 Å². The third kappa shape index (κ3) is 4.28. The Balaban J connectivity index is 2.31. The molecule has 0 spiro atoms. The highest BCUT2D eigenvalue weighted by Gasteiger charge is 2.43. The molecule has 2 amide bonds. The number of amides is 2. The molecule has 1 fully saturated rings. The van der Waals surface area contributed by atoms with E-state index < -0.39 is 24.4 Å². The second-order valence-electron chi connectivity index (χ2n) is 6.18.